The first kappa shape index (κ1) is 26.0. The van der Waals surface area contributed by atoms with Gasteiger partial charge in [-0.05, 0) is 0 Å². The van der Waals surface area contributed by atoms with Gasteiger partial charge < -0.3 is 13.5 Å². The van der Waals surface area contributed by atoms with Gasteiger partial charge in [0, 0.05) is 19.5 Å². The summed E-state index contributed by atoms with van der Waals surface area (Å²) in [7, 11) is 0. The van der Waals surface area contributed by atoms with Crippen molar-refractivity contribution in [2.75, 3.05) is 0 Å². The molecule has 0 N–H and O–H groups in total. The van der Waals surface area contributed by atoms with Gasteiger partial charge in [-0.15, -0.1) is 0 Å². The Balaban J connectivity index is 0. The largest absolute Gasteiger partial charge is 2.00 e. The van der Waals surface area contributed by atoms with E-state index in [1.165, 1.54) is 0 Å². The van der Waals surface area contributed by atoms with E-state index in [9.17, 15) is 0 Å². The van der Waals surface area contributed by atoms with Crippen molar-refractivity contribution < 1.29 is 46.8 Å². The quantitative estimate of drug-likeness (QED) is 0.496. The first-order valence-corrected chi connectivity index (χ1v) is 0. The normalized spacial score (nSPS) is 0. The van der Waals surface area contributed by atoms with Gasteiger partial charge in [0.2, 0.25) is 0 Å². The SMILES string of the molecule is [BaH2].[Cd+2].[S-2].[Zn]. The molecule has 0 saturated heterocycles. The minimum Gasteiger partial charge on any atom is -2.00 e. The van der Waals surface area contributed by atoms with Gasteiger partial charge in [0.15, 0.2) is 0 Å². The second-order valence-electron chi connectivity index (χ2n) is 0. The molecule has 14 valence electrons. The summed E-state index contributed by atoms with van der Waals surface area (Å²) in [6.07, 6.45) is 0. The molecule has 0 unspecified atom stereocenters. The Morgan fingerprint density at radius 3 is 1.00 bits per heavy atom. The van der Waals surface area contributed by atoms with Gasteiger partial charge in [-0.1, -0.05) is 0 Å². The van der Waals surface area contributed by atoms with E-state index >= 15 is 0 Å². The average Bonchev–Trinajstić information content (AvgIpc) is 0. The van der Waals surface area contributed by atoms with Crippen LogP contribution in [0.3, 0.4) is 0 Å². The van der Waals surface area contributed by atoms with Crippen LogP contribution in [0, 0.1) is 0 Å². The zero-order chi connectivity index (χ0) is 0. The Hall–Kier alpha value is 3.47. The molecule has 0 aliphatic heterocycles. The predicted octanol–water partition coefficient (Wildman–Crippen LogP) is -0.924. The molecule has 0 spiro atoms. The minimum atomic E-state index is 0. The molecule has 0 bridgehead atoms. The van der Waals surface area contributed by atoms with Crippen LogP contribution in [0.25, 0.3) is 0 Å². The summed E-state index contributed by atoms with van der Waals surface area (Å²) in [6.45, 7) is 0. The van der Waals surface area contributed by atoms with Crippen LogP contribution in [0.2, 0.25) is 0 Å². The van der Waals surface area contributed by atoms with Gasteiger partial charge >= 0.3 is 76.2 Å². The molecule has 0 aromatic heterocycles. The molecule has 0 aromatic carbocycles. The number of hydrogen-bond acceptors (Lipinski definition) is 0. The summed E-state index contributed by atoms with van der Waals surface area (Å²) in [5.74, 6) is 0. The van der Waals surface area contributed by atoms with Crippen molar-refractivity contribution in [2.24, 2.45) is 0 Å². The summed E-state index contributed by atoms with van der Waals surface area (Å²) in [6, 6.07) is 0. The third-order valence-electron chi connectivity index (χ3n) is 0. The number of hydrogen-bond donors (Lipinski definition) is 0. The Kier molecular flexibility index (Phi) is 104. The maximum absolute atomic E-state index is 0. The van der Waals surface area contributed by atoms with E-state index < -0.39 is 0 Å². The van der Waals surface area contributed by atoms with Crippen LogP contribution in [0.15, 0.2) is 0 Å². The summed E-state index contributed by atoms with van der Waals surface area (Å²) in [4.78, 5) is 0. The van der Waals surface area contributed by atoms with Crippen LogP contribution < -0.4 is 0 Å². The molecule has 0 heterocycles. The standard InChI is InChI=1S/Ba.Cd.S.Zn.2H/q;+2;-2;;;. The fraction of sp³-hybridized carbons (Fsp3) is 0. The molecule has 0 amide bonds. The smallest absolute Gasteiger partial charge is 2.00 e. The number of rotatable bonds is 0. The van der Waals surface area contributed by atoms with Crippen molar-refractivity contribution in [1.82, 2.24) is 0 Å². The maximum atomic E-state index is 0. The Labute approximate surface area is 106 Å². The van der Waals surface area contributed by atoms with Crippen molar-refractivity contribution in [1.29, 1.82) is 0 Å². The molecule has 4 heteroatoms. The molecule has 0 radical (unpaired) electrons. The molecule has 0 aliphatic carbocycles. The molecule has 0 nitrogen and oxygen atoms in total. The molecular weight excluding hydrogens is 347 g/mol. The van der Waals surface area contributed by atoms with E-state index in [4.69, 9.17) is 0 Å². The first-order chi connectivity index (χ1) is 0. The summed E-state index contributed by atoms with van der Waals surface area (Å²) < 4.78 is 0. The minimum absolute atomic E-state index is 0. The van der Waals surface area contributed by atoms with Crippen molar-refractivity contribution in [2.45, 2.75) is 0 Å². The Morgan fingerprint density at radius 2 is 1.00 bits per heavy atom. The van der Waals surface area contributed by atoms with E-state index in [-0.39, 0.29) is 109 Å². The molecule has 4 heavy (non-hydrogen) atoms. The summed E-state index contributed by atoms with van der Waals surface area (Å²) in [5, 5.41) is 0. The van der Waals surface area contributed by atoms with Crippen LogP contribution in [-0.4, -0.2) is 48.9 Å². The van der Waals surface area contributed by atoms with Crippen LogP contribution in [0.1, 0.15) is 0 Å². The van der Waals surface area contributed by atoms with Crippen LogP contribution in [0.4, 0.5) is 0 Å². The van der Waals surface area contributed by atoms with Gasteiger partial charge in [0.05, 0.1) is 0 Å². The molecule has 0 saturated carbocycles. The topological polar surface area (TPSA) is 0 Å². The fourth-order valence-electron chi connectivity index (χ4n) is 0. The van der Waals surface area contributed by atoms with Crippen LogP contribution in [0.5, 0.6) is 0 Å². The van der Waals surface area contributed by atoms with Crippen LogP contribution >= 0.6 is 0 Å². The molecule has 0 aliphatic rings. The third-order valence-corrected chi connectivity index (χ3v) is 0. The second-order valence-corrected chi connectivity index (χ2v) is 0. The van der Waals surface area contributed by atoms with Gasteiger partial charge in [-0.25, -0.2) is 0 Å². The monoisotopic (exact) mass is 350 g/mol. The van der Waals surface area contributed by atoms with Crippen molar-refractivity contribution in [3.63, 3.8) is 0 Å². The molecule has 0 atom stereocenters. The van der Waals surface area contributed by atoms with E-state index in [0.717, 1.165) is 0 Å². The van der Waals surface area contributed by atoms with E-state index in [1.54, 1.807) is 0 Å². The van der Waals surface area contributed by atoms with Crippen molar-refractivity contribution >= 4 is 62.4 Å². The predicted molar refractivity (Wildman–Crippen MR) is 15.9 cm³/mol. The molecule has 0 aromatic rings. The maximum Gasteiger partial charge on any atom is 2.00 e. The second kappa shape index (κ2) is 16.1. The van der Waals surface area contributed by atoms with Crippen LogP contribution in [-0.2, 0) is 60.3 Å². The Morgan fingerprint density at radius 1 is 1.00 bits per heavy atom. The summed E-state index contributed by atoms with van der Waals surface area (Å²) in [5.41, 5.74) is 0. The van der Waals surface area contributed by atoms with Crippen molar-refractivity contribution in [3.05, 3.63) is 0 Å². The average molecular weight is 349 g/mol. The Bertz CT molecular complexity index is 8.00. The third kappa shape index (κ3) is 9.08. The molecular formula is H2BaCdSZn. The van der Waals surface area contributed by atoms with Gasteiger partial charge in [0.1, 0.15) is 0 Å². The first-order valence-electron chi connectivity index (χ1n) is 0. The van der Waals surface area contributed by atoms with E-state index in [2.05, 4.69) is 0 Å². The van der Waals surface area contributed by atoms with Gasteiger partial charge in [0.25, 0.3) is 0 Å². The summed E-state index contributed by atoms with van der Waals surface area (Å²) >= 11 is 0. The zero-order valence-electron chi connectivity index (χ0n) is 1.82. The van der Waals surface area contributed by atoms with E-state index in [1.807, 2.05) is 0 Å². The zero-order valence-corrected chi connectivity index (χ0v) is 9.64. The van der Waals surface area contributed by atoms with E-state index in [0.29, 0.717) is 0 Å². The van der Waals surface area contributed by atoms with Gasteiger partial charge in [-0.3, -0.25) is 0 Å². The van der Waals surface area contributed by atoms with Gasteiger partial charge in [-0.2, -0.15) is 0 Å². The molecule has 0 rings (SSSR count). The molecule has 0 fully saturated rings. The van der Waals surface area contributed by atoms with Crippen molar-refractivity contribution in [3.8, 4) is 0 Å². The fourth-order valence-corrected chi connectivity index (χ4v) is 0.